The molecule has 1 aliphatic heterocycles. The van der Waals surface area contributed by atoms with E-state index in [1.807, 2.05) is 6.07 Å². The zero-order chi connectivity index (χ0) is 17.4. The zero-order valence-corrected chi connectivity index (χ0v) is 13.9. The average Bonchev–Trinajstić information content (AvgIpc) is 3.02. The second-order valence-electron chi connectivity index (χ2n) is 7.28. The highest BCUT2D eigenvalue weighted by atomic mass is 16.4. The molecule has 3 heterocycles. The molecule has 1 saturated carbocycles. The number of nitrogens with zero attached hydrogens (tertiary/aromatic N) is 2. The summed E-state index contributed by atoms with van der Waals surface area (Å²) in [6.07, 6.45) is 6.43. The largest absolute Gasteiger partial charge is 0.465 e. The van der Waals surface area contributed by atoms with Crippen molar-refractivity contribution in [2.75, 3.05) is 19.6 Å². The van der Waals surface area contributed by atoms with Crippen LogP contribution < -0.4 is 5.32 Å². The summed E-state index contributed by atoms with van der Waals surface area (Å²) < 4.78 is 5.52. The number of nitrogens with one attached hydrogen (secondary N) is 1. The number of hydrogen-bond acceptors (Lipinski definition) is 4. The number of aromatic nitrogens is 1. The fourth-order valence-electron chi connectivity index (χ4n) is 4.21. The van der Waals surface area contributed by atoms with Crippen LogP contribution in [0.1, 0.15) is 36.2 Å². The molecule has 0 radical (unpaired) electrons. The number of carboxylic acid groups (broad SMARTS) is 1. The maximum atomic E-state index is 12.2. The average molecular weight is 343 g/mol. The Kier molecular flexibility index (Phi) is 3.86. The second kappa shape index (κ2) is 6.06. The molecule has 7 heteroatoms. The number of hydrogen-bond donors (Lipinski definition) is 2. The van der Waals surface area contributed by atoms with Crippen molar-refractivity contribution in [2.45, 2.75) is 25.7 Å². The van der Waals surface area contributed by atoms with Gasteiger partial charge in [0.15, 0.2) is 11.3 Å². The van der Waals surface area contributed by atoms with Gasteiger partial charge in [0.1, 0.15) is 0 Å². The summed E-state index contributed by atoms with van der Waals surface area (Å²) in [4.78, 5) is 28.7. The number of likely N-dealkylation sites (tertiary alicyclic amines) is 1. The lowest BCUT2D eigenvalue weighted by Crippen LogP contribution is -2.50. The third-order valence-electron chi connectivity index (χ3n) is 5.64. The van der Waals surface area contributed by atoms with E-state index in [0.29, 0.717) is 36.9 Å². The van der Waals surface area contributed by atoms with Gasteiger partial charge >= 0.3 is 6.09 Å². The summed E-state index contributed by atoms with van der Waals surface area (Å²) in [6, 6.07) is 3.55. The third kappa shape index (κ3) is 3.06. The first-order chi connectivity index (χ1) is 12.0. The van der Waals surface area contributed by atoms with E-state index in [9.17, 15) is 9.59 Å². The van der Waals surface area contributed by atoms with Crippen molar-refractivity contribution in [1.82, 2.24) is 15.2 Å². The number of rotatable bonds is 3. The molecule has 2 fully saturated rings. The highest BCUT2D eigenvalue weighted by molar-refractivity contribution is 5.95. The summed E-state index contributed by atoms with van der Waals surface area (Å²) in [5.41, 5.74) is 0.896. The summed E-state index contributed by atoms with van der Waals surface area (Å²) in [5, 5.41) is 12.8. The first-order valence-corrected chi connectivity index (χ1v) is 8.64. The van der Waals surface area contributed by atoms with Gasteiger partial charge < -0.3 is 19.7 Å². The number of pyridine rings is 1. The Morgan fingerprint density at radius 3 is 2.80 bits per heavy atom. The number of carbonyl (C=O) groups is 2. The van der Waals surface area contributed by atoms with Crippen molar-refractivity contribution < 1.29 is 19.1 Å². The van der Waals surface area contributed by atoms with Gasteiger partial charge in [-0.25, -0.2) is 4.79 Å². The van der Waals surface area contributed by atoms with Gasteiger partial charge in [0.2, 0.25) is 0 Å². The Morgan fingerprint density at radius 1 is 1.36 bits per heavy atom. The number of amides is 2. The molecule has 4 rings (SSSR count). The maximum Gasteiger partial charge on any atom is 0.407 e. The van der Waals surface area contributed by atoms with E-state index >= 15 is 0 Å². The van der Waals surface area contributed by atoms with E-state index in [-0.39, 0.29) is 11.3 Å². The van der Waals surface area contributed by atoms with Crippen molar-refractivity contribution in [1.29, 1.82) is 0 Å². The topological polar surface area (TPSA) is 95.7 Å². The van der Waals surface area contributed by atoms with E-state index < -0.39 is 6.09 Å². The summed E-state index contributed by atoms with van der Waals surface area (Å²) in [6.45, 7) is 1.89. The fourth-order valence-corrected chi connectivity index (χ4v) is 4.21. The third-order valence-corrected chi connectivity index (χ3v) is 5.64. The van der Waals surface area contributed by atoms with Crippen molar-refractivity contribution in [3.63, 3.8) is 0 Å². The first-order valence-electron chi connectivity index (χ1n) is 8.64. The molecule has 2 amide bonds. The SMILES string of the molecule is O=C(NCC1CC2(CCN(C(=O)O)CC2)C1)c1cc2ccncc2o1. The normalized spacial score (nSPS) is 19.8. The van der Waals surface area contributed by atoms with E-state index in [4.69, 9.17) is 9.52 Å². The van der Waals surface area contributed by atoms with Crippen LogP contribution in [0.4, 0.5) is 4.79 Å². The number of fused-ring (bicyclic) bond motifs is 1. The van der Waals surface area contributed by atoms with Crippen LogP contribution in [0.3, 0.4) is 0 Å². The van der Waals surface area contributed by atoms with Crippen molar-refractivity contribution in [3.8, 4) is 0 Å². The Labute approximate surface area is 145 Å². The molecule has 132 valence electrons. The molecule has 1 spiro atoms. The lowest BCUT2D eigenvalue weighted by atomic mass is 9.57. The molecule has 2 N–H and O–H groups in total. The molecule has 0 bridgehead atoms. The molecule has 2 aromatic heterocycles. The number of furan rings is 1. The summed E-state index contributed by atoms with van der Waals surface area (Å²) in [7, 11) is 0. The molecule has 2 aromatic rings. The summed E-state index contributed by atoms with van der Waals surface area (Å²) in [5.74, 6) is 0.580. The van der Waals surface area contributed by atoms with Crippen LogP contribution in [0.15, 0.2) is 28.9 Å². The van der Waals surface area contributed by atoms with Crippen LogP contribution in [0.5, 0.6) is 0 Å². The van der Waals surface area contributed by atoms with Crippen LogP contribution in [-0.2, 0) is 0 Å². The number of piperidine rings is 1. The second-order valence-corrected chi connectivity index (χ2v) is 7.28. The molecular weight excluding hydrogens is 322 g/mol. The number of carbonyl (C=O) groups excluding carboxylic acids is 1. The first kappa shape index (κ1) is 15.9. The fraction of sp³-hybridized carbons (Fsp3) is 0.500. The van der Waals surface area contributed by atoms with Gasteiger partial charge in [0.25, 0.3) is 5.91 Å². The Hall–Kier alpha value is -2.57. The predicted molar refractivity (Wildman–Crippen MR) is 90.3 cm³/mol. The predicted octanol–water partition coefficient (Wildman–Crippen LogP) is 2.73. The van der Waals surface area contributed by atoms with E-state index in [2.05, 4.69) is 10.3 Å². The highest BCUT2D eigenvalue weighted by Gasteiger charge is 2.46. The standard InChI is InChI=1S/C18H21N3O4/c22-16(14-7-13-1-4-19-11-15(13)25-14)20-10-12-8-18(9-12)2-5-21(6-3-18)17(23)24/h1,4,7,11-12H,2-3,5-6,8-10H2,(H,20,22)(H,23,24). The monoisotopic (exact) mass is 343 g/mol. The van der Waals surface area contributed by atoms with E-state index in [1.54, 1.807) is 18.5 Å². The highest BCUT2D eigenvalue weighted by Crippen LogP contribution is 2.52. The maximum absolute atomic E-state index is 12.2. The van der Waals surface area contributed by atoms with Crippen molar-refractivity contribution in [3.05, 3.63) is 30.3 Å². The van der Waals surface area contributed by atoms with Crippen LogP contribution in [0, 0.1) is 11.3 Å². The van der Waals surface area contributed by atoms with Gasteiger partial charge in [0, 0.05) is 31.2 Å². The molecule has 0 atom stereocenters. The van der Waals surface area contributed by atoms with Gasteiger partial charge in [-0.1, -0.05) is 0 Å². The molecule has 1 saturated heterocycles. The molecule has 0 aromatic carbocycles. The zero-order valence-electron chi connectivity index (χ0n) is 13.9. The molecule has 0 unspecified atom stereocenters. The van der Waals surface area contributed by atoms with Gasteiger partial charge in [-0.15, -0.1) is 0 Å². The van der Waals surface area contributed by atoms with Gasteiger partial charge in [-0.3, -0.25) is 9.78 Å². The van der Waals surface area contributed by atoms with Crippen LogP contribution in [0.2, 0.25) is 0 Å². The Bertz CT molecular complexity index is 767. The van der Waals surface area contributed by atoms with Gasteiger partial charge in [-0.2, -0.15) is 0 Å². The van der Waals surface area contributed by atoms with Crippen molar-refractivity contribution >= 4 is 23.0 Å². The summed E-state index contributed by atoms with van der Waals surface area (Å²) >= 11 is 0. The Balaban J connectivity index is 1.26. The Morgan fingerprint density at radius 2 is 2.12 bits per heavy atom. The minimum atomic E-state index is -0.820. The smallest absolute Gasteiger partial charge is 0.407 e. The molecule has 7 nitrogen and oxygen atoms in total. The minimum Gasteiger partial charge on any atom is -0.465 e. The van der Waals surface area contributed by atoms with Crippen molar-refractivity contribution in [2.24, 2.45) is 11.3 Å². The van der Waals surface area contributed by atoms with Crippen LogP contribution in [0.25, 0.3) is 11.0 Å². The van der Waals surface area contributed by atoms with Gasteiger partial charge in [-0.05, 0) is 49.1 Å². The van der Waals surface area contributed by atoms with Crippen LogP contribution >= 0.6 is 0 Å². The molecule has 25 heavy (non-hydrogen) atoms. The van der Waals surface area contributed by atoms with E-state index in [0.717, 1.165) is 31.1 Å². The lowest BCUT2D eigenvalue weighted by molar-refractivity contribution is -0.00798. The van der Waals surface area contributed by atoms with E-state index in [1.165, 1.54) is 4.90 Å². The molecule has 2 aliphatic rings. The molecule has 1 aliphatic carbocycles. The quantitative estimate of drug-likeness (QED) is 0.893. The van der Waals surface area contributed by atoms with Crippen LogP contribution in [-0.4, -0.2) is 46.6 Å². The molecular formula is C18H21N3O4. The van der Waals surface area contributed by atoms with Gasteiger partial charge in [0.05, 0.1) is 6.20 Å². The lowest BCUT2D eigenvalue weighted by Gasteiger charge is -2.52. The minimum absolute atomic E-state index is 0.196.